The molecule has 0 saturated carbocycles. The number of amides is 1. The predicted octanol–water partition coefficient (Wildman–Crippen LogP) is 3.13. The fourth-order valence-electron chi connectivity index (χ4n) is 2.18. The van der Waals surface area contributed by atoms with Crippen LogP contribution in [0.15, 0.2) is 6.07 Å². The zero-order chi connectivity index (χ0) is 18.9. The van der Waals surface area contributed by atoms with Crippen LogP contribution in [-0.4, -0.2) is 34.3 Å². The summed E-state index contributed by atoms with van der Waals surface area (Å²) >= 11 is 0. The number of ether oxygens (including phenoxy) is 1. The van der Waals surface area contributed by atoms with Gasteiger partial charge in [-0.2, -0.15) is 13.2 Å². The van der Waals surface area contributed by atoms with E-state index < -0.39 is 36.2 Å². The van der Waals surface area contributed by atoms with Crippen molar-refractivity contribution in [2.45, 2.75) is 65.9 Å². The van der Waals surface area contributed by atoms with Crippen LogP contribution in [0.5, 0.6) is 0 Å². The standard InChI is InChI=1S/C16H23F3N2O3/c1-9-7-12(10(2)21(9)8-16(17,18)19)14(23)24-11(3)13(22)20-15(4,5)6/h7,11H,8H2,1-6H3,(H,20,22). The lowest BCUT2D eigenvalue weighted by Crippen LogP contribution is -2.46. The van der Waals surface area contributed by atoms with Crippen LogP contribution >= 0.6 is 0 Å². The number of halogens is 3. The van der Waals surface area contributed by atoms with Gasteiger partial charge in [-0.3, -0.25) is 4.79 Å². The summed E-state index contributed by atoms with van der Waals surface area (Å²) in [5, 5.41) is 2.67. The van der Waals surface area contributed by atoms with Crippen LogP contribution in [0.4, 0.5) is 13.2 Å². The molecule has 1 heterocycles. The Kier molecular flexibility index (Phi) is 5.74. The number of alkyl halides is 3. The molecular weight excluding hydrogens is 325 g/mol. The molecule has 1 rings (SSSR count). The summed E-state index contributed by atoms with van der Waals surface area (Å²) in [6.07, 6.45) is -5.45. The topological polar surface area (TPSA) is 60.3 Å². The van der Waals surface area contributed by atoms with Crippen molar-refractivity contribution in [3.8, 4) is 0 Å². The van der Waals surface area contributed by atoms with Crippen LogP contribution in [0.2, 0.25) is 0 Å². The molecule has 136 valence electrons. The zero-order valence-corrected chi connectivity index (χ0v) is 14.7. The van der Waals surface area contributed by atoms with Gasteiger partial charge in [0.1, 0.15) is 6.54 Å². The molecule has 24 heavy (non-hydrogen) atoms. The third-order valence-electron chi connectivity index (χ3n) is 3.28. The van der Waals surface area contributed by atoms with Crippen molar-refractivity contribution in [3.05, 3.63) is 23.0 Å². The van der Waals surface area contributed by atoms with Crippen molar-refractivity contribution in [1.29, 1.82) is 0 Å². The third-order valence-corrected chi connectivity index (χ3v) is 3.28. The van der Waals surface area contributed by atoms with Gasteiger partial charge in [-0.05, 0) is 47.6 Å². The van der Waals surface area contributed by atoms with E-state index in [1.807, 2.05) is 0 Å². The molecule has 1 atom stereocenters. The van der Waals surface area contributed by atoms with E-state index in [4.69, 9.17) is 4.74 Å². The molecule has 1 aromatic heterocycles. The van der Waals surface area contributed by atoms with Crippen LogP contribution in [0.1, 0.15) is 49.4 Å². The van der Waals surface area contributed by atoms with Gasteiger partial charge in [0.2, 0.25) is 0 Å². The van der Waals surface area contributed by atoms with Crippen LogP contribution in [0.25, 0.3) is 0 Å². The van der Waals surface area contributed by atoms with Crippen LogP contribution in [-0.2, 0) is 16.1 Å². The van der Waals surface area contributed by atoms with Gasteiger partial charge in [0.25, 0.3) is 5.91 Å². The lowest BCUT2D eigenvalue weighted by atomic mass is 10.1. The molecule has 0 aliphatic rings. The number of nitrogens with one attached hydrogen (secondary N) is 1. The summed E-state index contributed by atoms with van der Waals surface area (Å²) in [6.45, 7) is 8.46. The average Bonchev–Trinajstić information content (AvgIpc) is 2.63. The fraction of sp³-hybridized carbons (Fsp3) is 0.625. The summed E-state index contributed by atoms with van der Waals surface area (Å²) in [4.78, 5) is 24.1. The molecule has 8 heteroatoms. The van der Waals surface area contributed by atoms with Crippen molar-refractivity contribution in [2.75, 3.05) is 0 Å². The second-order valence-corrected chi connectivity index (χ2v) is 6.77. The second kappa shape index (κ2) is 6.86. The largest absolute Gasteiger partial charge is 0.449 e. The van der Waals surface area contributed by atoms with Gasteiger partial charge in [-0.15, -0.1) is 0 Å². The van der Waals surface area contributed by atoms with E-state index in [-0.39, 0.29) is 11.3 Å². The minimum Gasteiger partial charge on any atom is -0.449 e. The maximum atomic E-state index is 12.6. The Morgan fingerprint density at radius 1 is 1.25 bits per heavy atom. The molecule has 0 spiro atoms. The highest BCUT2D eigenvalue weighted by Gasteiger charge is 2.31. The Labute approximate surface area is 139 Å². The molecule has 0 aromatic carbocycles. The van der Waals surface area contributed by atoms with Gasteiger partial charge in [-0.25, -0.2) is 4.79 Å². The summed E-state index contributed by atoms with van der Waals surface area (Å²) in [5.41, 5.74) is -0.0192. The highest BCUT2D eigenvalue weighted by atomic mass is 19.4. The maximum Gasteiger partial charge on any atom is 0.406 e. The van der Waals surface area contributed by atoms with Crippen molar-refractivity contribution >= 4 is 11.9 Å². The summed E-state index contributed by atoms with van der Waals surface area (Å²) in [5.74, 6) is -1.30. The minimum atomic E-state index is -4.39. The van der Waals surface area contributed by atoms with Crippen molar-refractivity contribution in [1.82, 2.24) is 9.88 Å². The zero-order valence-electron chi connectivity index (χ0n) is 14.7. The highest BCUT2D eigenvalue weighted by molar-refractivity contribution is 5.93. The van der Waals surface area contributed by atoms with E-state index in [9.17, 15) is 22.8 Å². The quantitative estimate of drug-likeness (QED) is 0.851. The number of esters is 1. The molecule has 1 amide bonds. The number of carbonyl (C=O) groups is 2. The van der Waals surface area contributed by atoms with Gasteiger partial charge in [0.15, 0.2) is 6.10 Å². The van der Waals surface area contributed by atoms with Crippen molar-refractivity contribution < 1.29 is 27.5 Å². The highest BCUT2D eigenvalue weighted by Crippen LogP contribution is 2.23. The number of aromatic nitrogens is 1. The number of hydrogen-bond acceptors (Lipinski definition) is 3. The number of nitrogens with zero attached hydrogens (tertiary/aromatic N) is 1. The van der Waals surface area contributed by atoms with Gasteiger partial charge in [0, 0.05) is 16.9 Å². The van der Waals surface area contributed by atoms with Crippen LogP contribution in [0.3, 0.4) is 0 Å². The Balaban J connectivity index is 2.89. The Morgan fingerprint density at radius 3 is 2.25 bits per heavy atom. The molecule has 0 fully saturated rings. The molecule has 0 bridgehead atoms. The SMILES string of the molecule is Cc1cc(C(=O)OC(C)C(=O)NC(C)(C)C)c(C)n1CC(F)(F)F. The lowest BCUT2D eigenvalue weighted by Gasteiger charge is -2.23. The number of carbonyl (C=O) groups excluding carboxylic acids is 2. The molecule has 1 N–H and O–H groups in total. The van der Waals surface area contributed by atoms with E-state index in [0.717, 1.165) is 4.57 Å². The molecule has 5 nitrogen and oxygen atoms in total. The Bertz CT molecular complexity index is 628. The van der Waals surface area contributed by atoms with Crippen LogP contribution < -0.4 is 5.32 Å². The number of rotatable bonds is 4. The van der Waals surface area contributed by atoms with Crippen molar-refractivity contribution in [2.24, 2.45) is 0 Å². The smallest absolute Gasteiger partial charge is 0.406 e. The van der Waals surface area contributed by atoms with Gasteiger partial charge >= 0.3 is 12.1 Å². The lowest BCUT2D eigenvalue weighted by molar-refractivity contribution is -0.141. The normalized spacial score (nSPS) is 13.5. The van der Waals surface area contributed by atoms with E-state index in [1.165, 1.54) is 26.8 Å². The number of aryl methyl sites for hydroxylation is 1. The van der Waals surface area contributed by atoms with Gasteiger partial charge in [0.05, 0.1) is 5.56 Å². The molecule has 0 saturated heterocycles. The average molecular weight is 348 g/mol. The summed E-state index contributed by atoms with van der Waals surface area (Å²) in [6, 6.07) is 1.33. The van der Waals surface area contributed by atoms with Crippen LogP contribution in [0, 0.1) is 13.8 Å². The third kappa shape index (κ3) is 5.58. The maximum absolute atomic E-state index is 12.6. The Morgan fingerprint density at radius 2 is 1.79 bits per heavy atom. The van der Waals surface area contributed by atoms with Gasteiger partial charge in [-0.1, -0.05) is 0 Å². The summed E-state index contributed by atoms with van der Waals surface area (Å²) < 4.78 is 43.9. The first kappa shape index (κ1) is 20.1. The first-order valence-electron chi connectivity index (χ1n) is 7.48. The first-order valence-corrected chi connectivity index (χ1v) is 7.48. The van der Waals surface area contributed by atoms with Gasteiger partial charge < -0.3 is 14.6 Å². The molecular formula is C16H23F3N2O3. The molecule has 1 aromatic rings. The van der Waals surface area contributed by atoms with E-state index in [1.54, 1.807) is 20.8 Å². The second-order valence-electron chi connectivity index (χ2n) is 6.77. The Hall–Kier alpha value is -1.99. The van der Waals surface area contributed by atoms with E-state index in [2.05, 4.69) is 5.32 Å². The minimum absolute atomic E-state index is 0.0205. The van der Waals surface area contributed by atoms with Crippen molar-refractivity contribution in [3.63, 3.8) is 0 Å². The van der Waals surface area contributed by atoms with E-state index in [0.29, 0.717) is 5.69 Å². The summed E-state index contributed by atoms with van der Waals surface area (Å²) in [7, 11) is 0. The van der Waals surface area contributed by atoms with E-state index >= 15 is 0 Å². The molecule has 1 unspecified atom stereocenters. The molecule has 0 aliphatic heterocycles. The fourth-order valence-corrected chi connectivity index (χ4v) is 2.18. The predicted molar refractivity (Wildman–Crippen MR) is 82.7 cm³/mol. The first-order chi connectivity index (χ1) is 10.7. The monoisotopic (exact) mass is 348 g/mol. The molecule has 0 aliphatic carbocycles. The number of hydrogen-bond donors (Lipinski definition) is 1. The molecule has 0 radical (unpaired) electrons.